The summed E-state index contributed by atoms with van der Waals surface area (Å²) >= 11 is 1.69. The summed E-state index contributed by atoms with van der Waals surface area (Å²) in [6.45, 7) is 4.27. The number of anilines is 1. The first-order chi connectivity index (χ1) is 14.1. The predicted octanol–water partition coefficient (Wildman–Crippen LogP) is 6.87. The van der Waals surface area contributed by atoms with Crippen molar-refractivity contribution >= 4 is 33.8 Å². The fourth-order valence-electron chi connectivity index (χ4n) is 3.40. The van der Waals surface area contributed by atoms with Gasteiger partial charge in [-0.1, -0.05) is 43.7 Å². The van der Waals surface area contributed by atoms with Gasteiger partial charge in [-0.25, -0.2) is 4.98 Å². The number of amides is 1. The maximum Gasteiger partial charge on any atom is 0.256 e. The van der Waals surface area contributed by atoms with Gasteiger partial charge >= 0.3 is 0 Å². The number of pyridine rings is 1. The maximum atomic E-state index is 13.1. The Morgan fingerprint density at radius 2 is 1.83 bits per heavy atom. The molecule has 4 rings (SSSR count). The van der Waals surface area contributed by atoms with Crippen LogP contribution in [-0.2, 0) is 6.42 Å². The van der Waals surface area contributed by atoms with Gasteiger partial charge in [0.25, 0.3) is 5.91 Å². The van der Waals surface area contributed by atoms with Crippen molar-refractivity contribution in [2.75, 3.05) is 5.32 Å². The van der Waals surface area contributed by atoms with E-state index in [1.165, 1.54) is 23.3 Å². The highest BCUT2D eigenvalue weighted by atomic mass is 32.1. The standard InChI is InChI=1S/C25H24N2OS/c1-3-4-7-18-11-13-19(14-12-18)26-25(28)21-16-23(24-15-10-17(2)29-24)27-22-9-6-5-8-20(21)22/h5-6,8-16H,3-4,7H2,1-2H3,(H,26,28). The molecule has 2 heterocycles. The van der Waals surface area contributed by atoms with Crippen molar-refractivity contribution in [1.82, 2.24) is 4.98 Å². The summed E-state index contributed by atoms with van der Waals surface area (Å²) in [6, 6.07) is 22.0. The minimum Gasteiger partial charge on any atom is -0.322 e. The third kappa shape index (κ3) is 4.38. The molecule has 0 fully saturated rings. The molecule has 0 saturated carbocycles. The van der Waals surface area contributed by atoms with E-state index in [2.05, 4.69) is 43.4 Å². The summed E-state index contributed by atoms with van der Waals surface area (Å²) in [5.41, 5.74) is 4.42. The summed E-state index contributed by atoms with van der Waals surface area (Å²) in [5, 5.41) is 3.92. The fraction of sp³-hybridized carbons (Fsp3) is 0.200. The molecule has 0 bridgehead atoms. The zero-order chi connectivity index (χ0) is 20.2. The lowest BCUT2D eigenvalue weighted by Gasteiger charge is -2.10. The Balaban J connectivity index is 1.66. The third-order valence-electron chi connectivity index (χ3n) is 4.98. The lowest BCUT2D eigenvalue weighted by Crippen LogP contribution is -2.13. The second kappa shape index (κ2) is 8.58. The zero-order valence-corrected chi connectivity index (χ0v) is 17.6. The number of unbranched alkanes of at least 4 members (excludes halogenated alkanes) is 1. The van der Waals surface area contributed by atoms with E-state index in [-0.39, 0.29) is 5.91 Å². The van der Waals surface area contributed by atoms with Crippen LogP contribution in [-0.4, -0.2) is 10.9 Å². The molecule has 1 N–H and O–H groups in total. The average Bonchev–Trinajstić information content (AvgIpc) is 3.18. The van der Waals surface area contributed by atoms with Crippen LogP contribution in [0.2, 0.25) is 0 Å². The van der Waals surface area contributed by atoms with Crippen molar-refractivity contribution in [1.29, 1.82) is 0 Å². The van der Waals surface area contributed by atoms with Crippen molar-refractivity contribution in [3.05, 3.63) is 82.7 Å². The van der Waals surface area contributed by atoms with Crippen molar-refractivity contribution in [2.45, 2.75) is 33.1 Å². The van der Waals surface area contributed by atoms with Crippen LogP contribution in [0.5, 0.6) is 0 Å². The molecule has 0 aliphatic rings. The number of nitrogens with one attached hydrogen (secondary N) is 1. The molecule has 0 aliphatic carbocycles. The van der Waals surface area contributed by atoms with Crippen LogP contribution in [0.3, 0.4) is 0 Å². The number of nitrogens with zero attached hydrogens (tertiary/aromatic N) is 1. The number of carbonyl (C=O) groups is 1. The van der Waals surface area contributed by atoms with E-state index < -0.39 is 0 Å². The molecule has 0 unspecified atom stereocenters. The molecule has 3 nitrogen and oxygen atoms in total. The number of carbonyl (C=O) groups excluding carboxylic acids is 1. The quantitative estimate of drug-likeness (QED) is 0.384. The van der Waals surface area contributed by atoms with Gasteiger partial charge < -0.3 is 5.32 Å². The number of benzene rings is 2. The first-order valence-electron chi connectivity index (χ1n) is 10.0. The Morgan fingerprint density at radius 1 is 1.03 bits per heavy atom. The van der Waals surface area contributed by atoms with Gasteiger partial charge in [-0.15, -0.1) is 11.3 Å². The highest BCUT2D eigenvalue weighted by Gasteiger charge is 2.15. The lowest BCUT2D eigenvalue weighted by molar-refractivity contribution is 0.102. The van der Waals surface area contributed by atoms with Gasteiger partial charge in [0.1, 0.15) is 0 Å². The van der Waals surface area contributed by atoms with Gasteiger partial charge in [-0.3, -0.25) is 4.79 Å². The number of rotatable bonds is 6. The molecule has 4 heteroatoms. The largest absolute Gasteiger partial charge is 0.322 e. The molecule has 29 heavy (non-hydrogen) atoms. The van der Waals surface area contributed by atoms with Crippen LogP contribution in [0.4, 0.5) is 5.69 Å². The summed E-state index contributed by atoms with van der Waals surface area (Å²) < 4.78 is 0. The van der Waals surface area contributed by atoms with Crippen LogP contribution in [0.1, 0.15) is 40.6 Å². The zero-order valence-electron chi connectivity index (χ0n) is 16.7. The number of para-hydroxylation sites is 1. The Bertz CT molecular complexity index is 1150. The molecule has 0 aliphatic heterocycles. The summed E-state index contributed by atoms with van der Waals surface area (Å²) in [7, 11) is 0. The maximum absolute atomic E-state index is 13.1. The van der Waals surface area contributed by atoms with Crippen molar-refractivity contribution in [3.63, 3.8) is 0 Å². The summed E-state index contributed by atoms with van der Waals surface area (Å²) in [6.07, 6.45) is 3.43. The average molecular weight is 401 g/mol. The van der Waals surface area contributed by atoms with Gasteiger partial charge in [-0.2, -0.15) is 0 Å². The molecule has 0 atom stereocenters. The van der Waals surface area contributed by atoms with E-state index in [1.807, 2.05) is 42.5 Å². The van der Waals surface area contributed by atoms with Gasteiger partial charge in [0.2, 0.25) is 0 Å². The van der Waals surface area contributed by atoms with Crippen LogP contribution in [0, 0.1) is 6.92 Å². The van der Waals surface area contributed by atoms with Crippen LogP contribution >= 0.6 is 11.3 Å². The van der Waals surface area contributed by atoms with E-state index in [9.17, 15) is 4.79 Å². The molecular weight excluding hydrogens is 376 g/mol. The van der Waals surface area contributed by atoms with E-state index in [0.717, 1.165) is 33.6 Å². The normalized spacial score (nSPS) is 11.0. The van der Waals surface area contributed by atoms with Crippen LogP contribution in [0.15, 0.2) is 66.7 Å². The molecule has 0 spiro atoms. The molecule has 4 aromatic rings. The van der Waals surface area contributed by atoms with E-state index in [0.29, 0.717) is 5.56 Å². The SMILES string of the molecule is CCCCc1ccc(NC(=O)c2cc(-c3ccc(C)s3)nc3ccccc23)cc1. The van der Waals surface area contributed by atoms with Crippen LogP contribution < -0.4 is 5.32 Å². The first-order valence-corrected chi connectivity index (χ1v) is 10.8. The van der Waals surface area contributed by atoms with Crippen molar-refractivity contribution < 1.29 is 4.79 Å². The van der Waals surface area contributed by atoms with Crippen molar-refractivity contribution in [2.24, 2.45) is 0 Å². The lowest BCUT2D eigenvalue weighted by atomic mass is 10.1. The van der Waals surface area contributed by atoms with Gasteiger partial charge in [0, 0.05) is 16.0 Å². The molecule has 0 radical (unpaired) electrons. The second-order valence-electron chi connectivity index (χ2n) is 7.24. The predicted molar refractivity (Wildman–Crippen MR) is 123 cm³/mol. The van der Waals surface area contributed by atoms with Crippen LogP contribution in [0.25, 0.3) is 21.5 Å². The monoisotopic (exact) mass is 400 g/mol. The molecule has 1 amide bonds. The minimum atomic E-state index is -0.112. The number of hydrogen-bond acceptors (Lipinski definition) is 3. The Labute approximate surface area is 175 Å². The Morgan fingerprint density at radius 3 is 2.55 bits per heavy atom. The Kier molecular flexibility index (Phi) is 5.72. The highest BCUT2D eigenvalue weighted by molar-refractivity contribution is 7.15. The number of aryl methyl sites for hydroxylation is 2. The van der Waals surface area contributed by atoms with E-state index in [1.54, 1.807) is 11.3 Å². The number of aromatic nitrogens is 1. The van der Waals surface area contributed by atoms with E-state index in [4.69, 9.17) is 4.98 Å². The molecule has 2 aromatic carbocycles. The summed E-state index contributed by atoms with van der Waals surface area (Å²) in [4.78, 5) is 20.2. The molecule has 146 valence electrons. The second-order valence-corrected chi connectivity index (χ2v) is 8.53. The first kappa shape index (κ1) is 19.3. The molecular formula is C25H24N2OS. The van der Waals surface area contributed by atoms with Gasteiger partial charge in [0.15, 0.2) is 0 Å². The fourth-order valence-corrected chi connectivity index (χ4v) is 4.22. The number of hydrogen-bond donors (Lipinski definition) is 1. The third-order valence-corrected chi connectivity index (χ3v) is 6.01. The van der Waals surface area contributed by atoms with Gasteiger partial charge in [0.05, 0.1) is 21.7 Å². The van der Waals surface area contributed by atoms with Crippen molar-refractivity contribution in [3.8, 4) is 10.6 Å². The Hall–Kier alpha value is -2.98. The minimum absolute atomic E-state index is 0.112. The smallest absolute Gasteiger partial charge is 0.256 e. The van der Waals surface area contributed by atoms with E-state index >= 15 is 0 Å². The highest BCUT2D eigenvalue weighted by Crippen LogP contribution is 2.30. The van der Waals surface area contributed by atoms with Gasteiger partial charge in [-0.05, 0) is 61.7 Å². The molecule has 0 saturated heterocycles. The topological polar surface area (TPSA) is 42.0 Å². The number of fused-ring (bicyclic) bond motifs is 1. The number of thiophene rings is 1. The molecule has 2 aromatic heterocycles. The summed E-state index contributed by atoms with van der Waals surface area (Å²) in [5.74, 6) is -0.112.